The highest BCUT2D eigenvalue weighted by Crippen LogP contribution is 2.40. The van der Waals surface area contributed by atoms with Gasteiger partial charge >= 0.3 is 19.1 Å². The van der Waals surface area contributed by atoms with Gasteiger partial charge < -0.3 is 58.6 Å². The monoisotopic (exact) mass is 1360 g/mol. The molecule has 5 aliphatic rings. The minimum absolute atomic E-state index is 0.0178. The second-order valence-corrected chi connectivity index (χ2v) is 27.9. The summed E-state index contributed by atoms with van der Waals surface area (Å²) in [7, 11) is 5.88. The van der Waals surface area contributed by atoms with Gasteiger partial charge in [-0.2, -0.15) is 20.4 Å². The van der Waals surface area contributed by atoms with Crippen LogP contribution in [0.4, 0.5) is 34.4 Å². The van der Waals surface area contributed by atoms with Crippen molar-refractivity contribution in [3.63, 3.8) is 0 Å². The standard InChI is InChI=1S/C32H37N7O5.C26H33BN2O5.C12H16ClN5O2/c1-19(40)44-18-22-21(23-16-24(30(41)37(5)34-23)33-29-17-28(32(2,3)43)36(4)35-29)10-8-12-26(22)39-14-13-38-25-11-7-6-9-20(25)15-27(38)31(39)42;1-17(30)32-16-19-20(27-33-25(2,3)26(4,5)34-27)10-8-12-22(19)29-14-13-28-21-11-7-6-9-18(21)15-23(28)24(29)31;1-12(2,20)8-6-10(16-17(8)3)14-7-5-9(13)15-18(4)11(7)19/h8,10,12,15-17,43H,6-7,9,11,13-14,18H2,1-5H3,(H,33,35);8,10,12,15H,6-7,9,11,13-14,16H2,1-5H3;5-6,20H,1-4H3,(H,14,16). The van der Waals surface area contributed by atoms with E-state index in [4.69, 9.17) is 30.4 Å². The topological polar surface area (TPSA) is 291 Å². The Morgan fingerprint density at radius 3 is 1.49 bits per heavy atom. The van der Waals surface area contributed by atoms with Gasteiger partial charge in [-0.3, -0.25) is 38.1 Å². The minimum Gasteiger partial charge on any atom is -0.461 e. The van der Waals surface area contributed by atoms with E-state index in [1.165, 1.54) is 67.0 Å². The Bertz CT molecular complexity index is 4550. The minimum atomic E-state index is -1.13. The molecule has 0 radical (unpaired) electrons. The number of carbonyl (C=O) groups is 4. The molecule has 26 nitrogen and oxygen atoms in total. The zero-order valence-electron chi connectivity index (χ0n) is 58.1. The largest absolute Gasteiger partial charge is 0.495 e. The zero-order chi connectivity index (χ0) is 70.7. The lowest BCUT2D eigenvalue weighted by Gasteiger charge is -2.32. The van der Waals surface area contributed by atoms with Gasteiger partial charge in [0.25, 0.3) is 22.9 Å². The number of ether oxygens (including phenoxy) is 2. The van der Waals surface area contributed by atoms with E-state index in [1.807, 2.05) is 75.1 Å². The molecule has 1 fully saturated rings. The quantitative estimate of drug-likeness (QED) is 0.0591. The molecule has 2 aromatic carbocycles. The first kappa shape index (κ1) is 70.2. The number of aryl methyl sites for hydroxylation is 6. The normalized spacial score (nSPS) is 16.2. The number of amides is 2. The summed E-state index contributed by atoms with van der Waals surface area (Å²) in [4.78, 5) is 79.9. The lowest BCUT2D eigenvalue weighted by atomic mass is 9.75. The number of nitrogens with one attached hydrogen (secondary N) is 2. The van der Waals surface area contributed by atoms with Crippen molar-refractivity contribution < 1.29 is 48.2 Å². The Balaban J connectivity index is 0.000000159. The summed E-state index contributed by atoms with van der Waals surface area (Å²) >= 11 is 5.82. The third-order valence-electron chi connectivity index (χ3n) is 19.0. The molecule has 2 aliphatic carbocycles. The fourth-order valence-electron chi connectivity index (χ4n) is 13.5. The van der Waals surface area contributed by atoms with Gasteiger partial charge in [-0.1, -0.05) is 35.9 Å². The Morgan fingerprint density at radius 2 is 1.02 bits per heavy atom. The molecular weight excluding hydrogens is 1280 g/mol. The highest BCUT2D eigenvalue weighted by atomic mass is 35.5. The van der Waals surface area contributed by atoms with Crippen molar-refractivity contribution in [2.75, 3.05) is 33.5 Å². The molecule has 28 heteroatoms. The van der Waals surface area contributed by atoms with Gasteiger partial charge in [-0.15, -0.1) is 0 Å². The van der Waals surface area contributed by atoms with Crippen LogP contribution in [0.1, 0.15) is 161 Å². The first-order valence-corrected chi connectivity index (χ1v) is 33.4. The van der Waals surface area contributed by atoms with Crippen LogP contribution >= 0.6 is 11.6 Å². The average Bonchev–Trinajstić information content (AvgIpc) is 1.52. The smallest absolute Gasteiger partial charge is 0.461 e. The number of aliphatic hydroxyl groups is 2. The fourth-order valence-corrected chi connectivity index (χ4v) is 13.7. The predicted molar refractivity (Wildman–Crippen MR) is 371 cm³/mol. The Labute approximate surface area is 573 Å². The Morgan fingerprint density at radius 1 is 0.582 bits per heavy atom. The maximum absolute atomic E-state index is 13.9. The van der Waals surface area contributed by atoms with Crippen LogP contribution < -0.4 is 37.0 Å². The van der Waals surface area contributed by atoms with E-state index in [0.29, 0.717) is 70.9 Å². The van der Waals surface area contributed by atoms with Crippen molar-refractivity contribution in [2.24, 2.45) is 28.2 Å². The van der Waals surface area contributed by atoms with Crippen LogP contribution in [0.5, 0.6) is 0 Å². The van der Waals surface area contributed by atoms with Gasteiger partial charge in [-0.05, 0) is 154 Å². The van der Waals surface area contributed by atoms with E-state index in [2.05, 4.69) is 46.2 Å². The fraction of sp³-hybridized carbons (Fsp3) is 0.457. The van der Waals surface area contributed by atoms with Gasteiger partial charge in [0.05, 0.1) is 39.7 Å². The molecule has 518 valence electrons. The molecule has 0 saturated carbocycles. The van der Waals surface area contributed by atoms with E-state index < -0.39 is 35.5 Å². The second-order valence-electron chi connectivity index (χ2n) is 27.6. The molecule has 2 amide bonds. The molecule has 0 unspecified atom stereocenters. The molecule has 8 aromatic rings. The van der Waals surface area contributed by atoms with E-state index in [-0.39, 0.29) is 58.6 Å². The summed E-state index contributed by atoms with van der Waals surface area (Å²) in [5.41, 5.74) is 8.98. The summed E-state index contributed by atoms with van der Waals surface area (Å²) in [5.74, 6) is -0.107. The molecule has 3 aliphatic heterocycles. The van der Waals surface area contributed by atoms with Crippen molar-refractivity contribution in [1.82, 2.24) is 48.3 Å². The SMILES string of the molecule is CC(=O)OCc1c(-c2cc(Nc3cc(C(C)(C)O)n(C)n3)c(=O)n(C)n2)cccc1N1CCn2c(cc3c2CCCC3)C1=O.CC(=O)OCc1c(B2OC(C)(C)C(C)(C)O2)cccc1N1CCn2c(cc3c2CCCC3)C1=O.Cn1nc(Nc2cc(Cl)nn(C)c2=O)cc1C(C)(C)O. The highest BCUT2D eigenvalue weighted by Gasteiger charge is 2.53. The Hall–Kier alpha value is -9.15. The first-order chi connectivity index (χ1) is 46.2. The number of hydrogen-bond acceptors (Lipinski definition) is 18. The number of fused-ring (bicyclic) bond motifs is 6. The van der Waals surface area contributed by atoms with Crippen LogP contribution in [0.2, 0.25) is 5.15 Å². The van der Waals surface area contributed by atoms with E-state index in [1.54, 1.807) is 81.3 Å². The maximum Gasteiger partial charge on any atom is 0.495 e. The molecule has 0 bridgehead atoms. The molecule has 4 N–H and O–H groups in total. The first-order valence-electron chi connectivity index (χ1n) is 33.0. The van der Waals surface area contributed by atoms with Gasteiger partial charge in [0, 0.05) is 114 Å². The van der Waals surface area contributed by atoms with Crippen LogP contribution in [0, 0.1) is 0 Å². The summed E-state index contributed by atoms with van der Waals surface area (Å²) < 4.78 is 33.4. The van der Waals surface area contributed by atoms with Crippen molar-refractivity contribution in [1.29, 1.82) is 0 Å². The number of halogens is 1. The maximum atomic E-state index is 13.9. The lowest BCUT2D eigenvalue weighted by molar-refractivity contribution is -0.143. The number of anilines is 6. The van der Waals surface area contributed by atoms with Crippen molar-refractivity contribution >= 4 is 82.3 Å². The Kier molecular flexibility index (Phi) is 19.5. The van der Waals surface area contributed by atoms with Crippen LogP contribution in [0.25, 0.3) is 11.3 Å². The zero-order valence-corrected chi connectivity index (χ0v) is 58.9. The van der Waals surface area contributed by atoms with Gasteiger partial charge in [-0.25, -0.2) is 9.36 Å². The average molecular weight is 1360 g/mol. The number of rotatable bonds is 14. The van der Waals surface area contributed by atoms with E-state index >= 15 is 0 Å². The summed E-state index contributed by atoms with van der Waals surface area (Å²) in [6.07, 6.45) is 8.67. The van der Waals surface area contributed by atoms with E-state index in [0.717, 1.165) is 72.2 Å². The van der Waals surface area contributed by atoms with Gasteiger partial charge in [0.15, 0.2) is 16.8 Å². The number of benzene rings is 2. The van der Waals surface area contributed by atoms with Crippen LogP contribution in [-0.4, -0.2) is 114 Å². The van der Waals surface area contributed by atoms with Gasteiger partial charge in [0.2, 0.25) is 0 Å². The van der Waals surface area contributed by atoms with Gasteiger partial charge in [0.1, 0.15) is 47.2 Å². The van der Waals surface area contributed by atoms with E-state index in [9.17, 15) is 39.0 Å². The molecule has 13 rings (SSSR count). The predicted octanol–water partition coefficient (Wildman–Crippen LogP) is 8.08. The highest BCUT2D eigenvalue weighted by molar-refractivity contribution is 6.63. The van der Waals surface area contributed by atoms with Crippen LogP contribution in [0.15, 0.2) is 82.4 Å². The molecule has 0 spiro atoms. The molecule has 9 heterocycles. The summed E-state index contributed by atoms with van der Waals surface area (Å²) in [5, 5.41) is 43.6. The molecular formula is C70H86BClN14O12. The number of nitrogens with zero attached hydrogens (tertiary/aromatic N) is 12. The number of esters is 2. The van der Waals surface area contributed by atoms with Crippen molar-refractivity contribution in [2.45, 2.75) is 169 Å². The van der Waals surface area contributed by atoms with Crippen molar-refractivity contribution in [3.05, 3.63) is 155 Å². The van der Waals surface area contributed by atoms with Crippen LogP contribution in [0.3, 0.4) is 0 Å². The number of carbonyl (C=O) groups excluding carboxylic acids is 4. The van der Waals surface area contributed by atoms with Crippen molar-refractivity contribution in [3.8, 4) is 11.3 Å². The molecule has 6 aromatic heterocycles. The molecule has 1 saturated heterocycles. The lowest BCUT2D eigenvalue weighted by Crippen LogP contribution is -2.43. The summed E-state index contributed by atoms with van der Waals surface area (Å²) in [6, 6.07) is 21.8. The third kappa shape index (κ3) is 14.3. The molecule has 0 atom stereocenters. The summed E-state index contributed by atoms with van der Waals surface area (Å²) in [6.45, 7) is 19.8. The molecule has 98 heavy (non-hydrogen) atoms. The number of aromatic nitrogens is 10. The second kappa shape index (κ2) is 27.3. The van der Waals surface area contributed by atoms with Crippen LogP contribution in [-0.2, 0) is 120 Å². The third-order valence-corrected chi connectivity index (χ3v) is 19.2. The number of hydrogen-bond donors (Lipinski definition) is 4.